The fraction of sp³-hybridized carbons (Fsp3) is 0. The van der Waals surface area contributed by atoms with Crippen molar-refractivity contribution < 1.29 is 0 Å². The Morgan fingerprint density at radius 1 is 0.486 bits per heavy atom. The minimum absolute atomic E-state index is 0.733. The van der Waals surface area contributed by atoms with Gasteiger partial charge < -0.3 is 0 Å². The summed E-state index contributed by atoms with van der Waals surface area (Å²) in [6, 6.07) is 40.7. The van der Waals surface area contributed by atoms with Crippen LogP contribution in [0.2, 0.25) is 5.02 Å². The SMILES string of the molecule is Clc1cc(-c2ccc(-c3ccccn3)cc2)cc(-c2ccc3ccc4cccc5ccc2c3c45)c1. The van der Waals surface area contributed by atoms with Gasteiger partial charge >= 0.3 is 0 Å². The van der Waals surface area contributed by atoms with E-state index in [0.29, 0.717) is 0 Å². The van der Waals surface area contributed by atoms with Crippen molar-refractivity contribution in [2.45, 2.75) is 0 Å². The zero-order chi connectivity index (χ0) is 23.4. The van der Waals surface area contributed by atoms with E-state index in [0.717, 1.165) is 33.0 Å². The molecule has 1 heterocycles. The second kappa shape index (κ2) is 7.94. The number of pyridine rings is 1. The van der Waals surface area contributed by atoms with Gasteiger partial charge in [-0.05, 0) is 84.9 Å². The van der Waals surface area contributed by atoms with E-state index in [2.05, 4.69) is 96.0 Å². The van der Waals surface area contributed by atoms with Gasteiger partial charge in [-0.15, -0.1) is 0 Å². The predicted octanol–water partition coefficient (Wildman–Crippen LogP) is 9.63. The molecule has 0 N–H and O–H groups in total. The molecule has 7 aromatic rings. The molecule has 0 aliphatic carbocycles. The lowest BCUT2D eigenvalue weighted by Gasteiger charge is -2.15. The molecule has 0 unspecified atom stereocenters. The molecule has 0 atom stereocenters. The summed E-state index contributed by atoms with van der Waals surface area (Å²) in [5.41, 5.74) is 6.63. The Balaban J connectivity index is 1.38. The Morgan fingerprint density at radius 2 is 1.17 bits per heavy atom. The van der Waals surface area contributed by atoms with E-state index in [9.17, 15) is 0 Å². The van der Waals surface area contributed by atoms with Gasteiger partial charge in [-0.1, -0.05) is 96.5 Å². The predicted molar refractivity (Wildman–Crippen MR) is 149 cm³/mol. The Hall–Kier alpha value is -4.20. The maximum atomic E-state index is 6.67. The van der Waals surface area contributed by atoms with Crippen LogP contribution in [0.15, 0.2) is 121 Å². The normalized spacial score (nSPS) is 11.6. The molecule has 0 radical (unpaired) electrons. The molecule has 35 heavy (non-hydrogen) atoms. The van der Waals surface area contributed by atoms with E-state index in [1.54, 1.807) is 0 Å². The zero-order valence-corrected chi connectivity index (χ0v) is 19.6. The smallest absolute Gasteiger partial charge is 0.0701 e. The Morgan fingerprint density at radius 3 is 1.94 bits per heavy atom. The van der Waals surface area contributed by atoms with Crippen LogP contribution in [0, 0.1) is 0 Å². The number of halogens is 1. The topological polar surface area (TPSA) is 12.9 Å². The number of hydrogen-bond donors (Lipinski definition) is 0. The average Bonchev–Trinajstić information content (AvgIpc) is 2.92. The first kappa shape index (κ1) is 20.2. The van der Waals surface area contributed by atoms with Crippen molar-refractivity contribution in [2.24, 2.45) is 0 Å². The van der Waals surface area contributed by atoms with Crippen molar-refractivity contribution in [3.8, 4) is 33.5 Å². The van der Waals surface area contributed by atoms with Crippen molar-refractivity contribution in [1.82, 2.24) is 4.98 Å². The number of aromatic nitrogens is 1. The maximum absolute atomic E-state index is 6.67. The summed E-state index contributed by atoms with van der Waals surface area (Å²) in [5.74, 6) is 0. The Labute approximate surface area is 208 Å². The van der Waals surface area contributed by atoms with Crippen LogP contribution in [0.1, 0.15) is 0 Å². The molecule has 0 saturated carbocycles. The van der Waals surface area contributed by atoms with Gasteiger partial charge in [0.05, 0.1) is 5.69 Å². The monoisotopic (exact) mass is 465 g/mol. The molecule has 0 amide bonds. The van der Waals surface area contributed by atoms with Gasteiger partial charge in [-0.2, -0.15) is 0 Å². The van der Waals surface area contributed by atoms with Crippen molar-refractivity contribution in [3.63, 3.8) is 0 Å². The second-order valence-corrected chi connectivity index (χ2v) is 9.43. The number of rotatable bonds is 3. The van der Waals surface area contributed by atoms with E-state index >= 15 is 0 Å². The summed E-state index contributed by atoms with van der Waals surface area (Å²) in [4.78, 5) is 4.46. The lowest BCUT2D eigenvalue weighted by Crippen LogP contribution is -1.88. The van der Waals surface area contributed by atoms with Gasteiger partial charge in [0.15, 0.2) is 0 Å². The van der Waals surface area contributed by atoms with Crippen LogP contribution in [0.25, 0.3) is 65.8 Å². The van der Waals surface area contributed by atoms with Crippen LogP contribution in [-0.4, -0.2) is 4.98 Å². The quantitative estimate of drug-likeness (QED) is 0.237. The van der Waals surface area contributed by atoms with Crippen molar-refractivity contribution in [3.05, 3.63) is 126 Å². The van der Waals surface area contributed by atoms with Gasteiger partial charge in [0.1, 0.15) is 0 Å². The van der Waals surface area contributed by atoms with Gasteiger partial charge in [-0.25, -0.2) is 0 Å². The third-order valence-electron chi connectivity index (χ3n) is 6.92. The average molecular weight is 466 g/mol. The molecule has 0 saturated heterocycles. The number of benzene rings is 6. The summed E-state index contributed by atoms with van der Waals surface area (Å²) >= 11 is 6.67. The van der Waals surface area contributed by atoms with Crippen LogP contribution in [0.4, 0.5) is 0 Å². The van der Waals surface area contributed by atoms with Gasteiger partial charge in [0.25, 0.3) is 0 Å². The fourth-order valence-electron chi connectivity index (χ4n) is 5.27. The minimum atomic E-state index is 0.733. The third kappa shape index (κ3) is 3.36. The summed E-state index contributed by atoms with van der Waals surface area (Å²) in [5, 5.41) is 8.45. The van der Waals surface area contributed by atoms with Crippen LogP contribution in [-0.2, 0) is 0 Å². The van der Waals surface area contributed by atoms with Crippen molar-refractivity contribution >= 4 is 43.9 Å². The molecule has 0 fully saturated rings. The minimum Gasteiger partial charge on any atom is -0.256 e. The van der Waals surface area contributed by atoms with Gasteiger partial charge in [0, 0.05) is 16.8 Å². The van der Waals surface area contributed by atoms with Crippen LogP contribution in [0.5, 0.6) is 0 Å². The number of nitrogens with zero attached hydrogens (tertiary/aromatic N) is 1. The van der Waals surface area contributed by atoms with E-state index in [1.807, 2.05) is 30.5 Å². The maximum Gasteiger partial charge on any atom is 0.0701 e. The van der Waals surface area contributed by atoms with Gasteiger partial charge in [0.2, 0.25) is 0 Å². The van der Waals surface area contributed by atoms with Crippen LogP contribution in [0.3, 0.4) is 0 Å². The molecule has 0 aliphatic heterocycles. The van der Waals surface area contributed by atoms with E-state index in [1.165, 1.54) is 37.9 Å². The highest BCUT2D eigenvalue weighted by molar-refractivity contribution is 6.31. The third-order valence-corrected chi connectivity index (χ3v) is 7.13. The molecule has 0 spiro atoms. The molecule has 1 nitrogen and oxygen atoms in total. The first-order chi connectivity index (χ1) is 17.2. The summed E-state index contributed by atoms with van der Waals surface area (Å²) in [6.07, 6.45) is 1.82. The largest absolute Gasteiger partial charge is 0.256 e. The molecule has 7 rings (SSSR count). The van der Waals surface area contributed by atoms with Gasteiger partial charge in [-0.3, -0.25) is 4.98 Å². The number of hydrogen-bond acceptors (Lipinski definition) is 1. The standard InChI is InChI=1S/C33H20ClN/c34-28-19-26(21-7-9-22(10-8-21)31-6-1-2-17-35-31)18-27(20-28)29-15-13-25-12-11-23-4-3-5-24-14-16-30(29)33(25)32(23)24/h1-20H. The van der Waals surface area contributed by atoms with E-state index in [4.69, 9.17) is 11.6 Å². The zero-order valence-electron chi connectivity index (χ0n) is 18.9. The molecular formula is C33H20ClN. The molecular weight excluding hydrogens is 446 g/mol. The second-order valence-electron chi connectivity index (χ2n) is 8.99. The highest BCUT2D eigenvalue weighted by Gasteiger charge is 2.13. The van der Waals surface area contributed by atoms with Crippen molar-refractivity contribution in [2.75, 3.05) is 0 Å². The van der Waals surface area contributed by atoms with E-state index < -0.39 is 0 Å². The van der Waals surface area contributed by atoms with Crippen LogP contribution >= 0.6 is 11.6 Å². The summed E-state index contributed by atoms with van der Waals surface area (Å²) in [6.45, 7) is 0. The first-order valence-corrected chi connectivity index (χ1v) is 12.1. The lowest BCUT2D eigenvalue weighted by molar-refractivity contribution is 1.33. The highest BCUT2D eigenvalue weighted by Crippen LogP contribution is 2.40. The first-order valence-electron chi connectivity index (χ1n) is 11.7. The fourth-order valence-corrected chi connectivity index (χ4v) is 5.50. The summed E-state index contributed by atoms with van der Waals surface area (Å²) in [7, 11) is 0. The van der Waals surface area contributed by atoms with Crippen molar-refractivity contribution in [1.29, 1.82) is 0 Å². The van der Waals surface area contributed by atoms with E-state index in [-0.39, 0.29) is 0 Å². The van der Waals surface area contributed by atoms with Crippen LogP contribution < -0.4 is 0 Å². The lowest BCUT2D eigenvalue weighted by atomic mass is 9.89. The molecule has 164 valence electrons. The molecule has 0 aliphatic rings. The molecule has 2 heteroatoms. The highest BCUT2D eigenvalue weighted by atomic mass is 35.5. The molecule has 6 aromatic carbocycles. The Bertz CT molecular complexity index is 1820. The summed E-state index contributed by atoms with van der Waals surface area (Å²) < 4.78 is 0. The molecule has 0 bridgehead atoms. The molecule has 1 aromatic heterocycles. The Kier molecular flexibility index (Phi) is 4.58.